The summed E-state index contributed by atoms with van der Waals surface area (Å²) in [5, 5.41) is 5.60. The molecule has 2 aliphatic heterocycles. The predicted octanol–water partition coefficient (Wildman–Crippen LogP) is 4.07. The summed E-state index contributed by atoms with van der Waals surface area (Å²) in [6.45, 7) is 1.73. The number of nitrogens with one attached hydrogen (secondary N) is 2. The number of hydrogen-bond acceptors (Lipinski definition) is 1. The molecule has 2 aliphatic rings. The molecule has 0 radical (unpaired) electrons. The highest BCUT2D eigenvalue weighted by atomic mass is 16.2. The Morgan fingerprint density at radius 1 is 1.00 bits per heavy atom. The van der Waals surface area contributed by atoms with Gasteiger partial charge in [0.2, 0.25) is 5.91 Å². The van der Waals surface area contributed by atoms with Crippen molar-refractivity contribution in [2.24, 2.45) is 0 Å². The second kappa shape index (κ2) is 5.49. The quantitative estimate of drug-likeness (QED) is 0.560. The van der Waals surface area contributed by atoms with Crippen LogP contribution >= 0.6 is 0 Å². The number of aromatic nitrogens is 2. The highest BCUT2D eigenvalue weighted by Gasteiger charge is 2.39. The summed E-state index contributed by atoms with van der Waals surface area (Å²) in [6, 6.07) is 14.9. The number of fused-ring (bicyclic) bond motifs is 1. The van der Waals surface area contributed by atoms with Gasteiger partial charge in [-0.25, -0.2) is 0 Å². The minimum atomic E-state index is -0.138. The Morgan fingerprint density at radius 2 is 1.89 bits per heavy atom. The fraction of sp³-hybridized carbons (Fsp3) is 0.261. The van der Waals surface area contributed by atoms with Crippen molar-refractivity contribution in [2.45, 2.75) is 31.2 Å². The molecule has 2 aromatic carbocycles. The average molecular weight is 355 g/mol. The molecule has 1 amide bonds. The number of carbonyl (C=O) groups excluding carboxylic acids is 1. The Labute approximate surface area is 157 Å². The van der Waals surface area contributed by atoms with Crippen molar-refractivity contribution < 1.29 is 4.79 Å². The zero-order chi connectivity index (χ0) is 18.0. The van der Waals surface area contributed by atoms with Gasteiger partial charge in [-0.15, -0.1) is 0 Å². The van der Waals surface area contributed by atoms with Crippen molar-refractivity contribution in [2.75, 3.05) is 6.54 Å². The lowest BCUT2D eigenvalue weighted by atomic mass is 9.83. The molecule has 4 heteroatoms. The highest BCUT2D eigenvalue weighted by molar-refractivity contribution is 5.97. The van der Waals surface area contributed by atoms with Crippen molar-refractivity contribution in [1.29, 1.82) is 0 Å². The zero-order valence-electron chi connectivity index (χ0n) is 15.0. The van der Waals surface area contributed by atoms with Crippen molar-refractivity contribution in [3.63, 3.8) is 0 Å². The summed E-state index contributed by atoms with van der Waals surface area (Å²) in [5.41, 5.74) is 6.29. The molecule has 2 atom stereocenters. The van der Waals surface area contributed by atoms with Gasteiger partial charge in [-0.2, -0.15) is 0 Å². The fourth-order valence-electron chi connectivity index (χ4n) is 5.20. The smallest absolute Gasteiger partial charge is 0.228 e. The molecule has 2 N–H and O–H groups in total. The lowest BCUT2D eigenvalue weighted by Crippen LogP contribution is -2.18. The van der Waals surface area contributed by atoms with E-state index in [4.69, 9.17) is 0 Å². The number of benzene rings is 2. The molecule has 6 rings (SSSR count). The SMILES string of the molecule is O=C1NC[C@@H](c2c[nH]c3ccccc23)[C@@H]1c1cn2c3c(cccc13)CCC2. The Bertz CT molecular complexity index is 1200. The Morgan fingerprint density at radius 3 is 2.85 bits per heavy atom. The Balaban J connectivity index is 1.55. The summed E-state index contributed by atoms with van der Waals surface area (Å²) < 4.78 is 2.36. The number of amides is 1. The van der Waals surface area contributed by atoms with Crippen LogP contribution in [0.25, 0.3) is 21.8 Å². The lowest BCUT2D eigenvalue weighted by Gasteiger charge is -2.16. The monoisotopic (exact) mass is 355 g/mol. The van der Waals surface area contributed by atoms with Gasteiger partial charge >= 0.3 is 0 Å². The topological polar surface area (TPSA) is 49.8 Å². The maximum absolute atomic E-state index is 12.9. The zero-order valence-corrected chi connectivity index (χ0v) is 15.0. The number of aromatic amines is 1. The first-order valence-electron chi connectivity index (χ1n) is 9.75. The summed E-state index contributed by atoms with van der Waals surface area (Å²) in [6.07, 6.45) is 6.63. The minimum Gasteiger partial charge on any atom is -0.361 e. The van der Waals surface area contributed by atoms with Crippen LogP contribution in [0.5, 0.6) is 0 Å². The van der Waals surface area contributed by atoms with Gasteiger partial charge in [0.15, 0.2) is 0 Å². The number of nitrogens with zero attached hydrogens (tertiary/aromatic N) is 1. The summed E-state index contributed by atoms with van der Waals surface area (Å²) in [5.74, 6) is 0.160. The van der Waals surface area contributed by atoms with Crippen molar-refractivity contribution >= 4 is 27.7 Å². The first-order chi connectivity index (χ1) is 13.3. The molecule has 0 unspecified atom stereocenters. The first kappa shape index (κ1) is 15.1. The summed E-state index contributed by atoms with van der Waals surface area (Å²) >= 11 is 0. The van der Waals surface area contributed by atoms with Crippen LogP contribution < -0.4 is 5.32 Å². The van der Waals surface area contributed by atoms with E-state index in [1.54, 1.807) is 0 Å². The summed E-state index contributed by atoms with van der Waals surface area (Å²) in [7, 11) is 0. The minimum absolute atomic E-state index is 0.138. The molecule has 4 nitrogen and oxygen atoms in total. The highest BCUT2D eigenvalue weighted by Crippen LogP contribution is 2.43. The van der Waals surface area contributed by atoms with E-state index >= 15 is 0 Å². The molecule has 1 fully saturated rings. The van der Waals surface area contributed by atoms with E-state index in [1.165, 1.54) is 39.4 Å². The van der Waals surface area contributed by atoms with Gasteiger partial charge in [0.05, 0.1) is 11.4 Å². The molecule has 4 heterocycles. The van der Waals surface area contributed by atoms with E-state index in [2.05, 4.69) is 63.7 Å². The van der Waals surface area contributed by atoms with Crippen LogP contribution in [0, 0.1) is 0 Å². The van der Waals surface area contributed by atoms with E-state index in [0.29, 0.717) is 6.54 Å². The van der Waals surface area contributed by atoms with Crippen LogP contribution in [0.4, 0.5) is 0 Å². The second-order valence-electron chi connectivity index (χ2n) is 7.81. The lowest BCUT2D eigenvalue weighted by molar-refractivity contribution is -0.120. The molecule has 1 saturated heterocycles. The third kappa shape index (κ3) is 2.07. The molecular weight excluding hydrogens is 334 g/mol. The van der Waals surface area contributed by atoms with Gasteiger partial charge in [-0.05, 0) is 35.6 Å². The van der Waals surface area contributed by atoms with Gasteiger partial charge in [-0.1, -0.05) is 36.4 Å². The average Bonchev–Trinajstić information content (AvgIpc) is 3.38. The van der Waals surface area contributed by atoms with E-state index < -0.39 is 0 Å². The maximum Gasteiger partial charge on any atom is 0.228 e. The largest absolute Gasteiger partial charge is 0.361 e. The number of para-hydroxylation sites is 2. The number of H-pyrrole nitrogens is 1. The molecule has 0 spiro atoms. The number of carbonyl (C=O) groups is 1. The van der Waals surface area contributed by atoms with E-state index in [0.717, 1.165) is 18.5 Å². The molecule has 0 saturated carbocycles. The Kier molecular flexibility index (Phi) is 3.07. The van der Waals surface area contributed by atoms with E-state index in [-0.39, 0.29) is 17.7 Å². The normalized spacial score (nSPS) is 21.9. The Hall–Kier alpha value is -3.01. The van der Waals surface area contributed by atoms with Crippen molar-refractivity contribution in [3.05, 3.63) is 71.5 Å². The molecular formula is C23H21N3O. The van der Waals surface area contributed by atoms with Gasteiger partial charge in [-0.3, -0.25) is 4.79 Å². The van der Waals surface area contributed by atoms with E-state index in [1.807, 2.05) is 6.07 Å². The van der Waals surface area contributed by atoms with Crippen LogP contribution in [0.15, 0.2) is 54.9 Å². The van der Waals surface area contributed by atoms with Gasteiger partial charge in [0, 0.05) is 47.7 Å². The molecule has 2 aromatic heterocycles. The van der Waals surface area contributed by atoms with Crippen LogP contribution in [0.3, 0.4) is 0 Å². The van der Waals surface area contributed by atoms with Crippen molar-refractivity contribution in [3.8, 4) is 0 Å². The predicted molar refractivity (Wildman–Crippen MR) is 107 cm³/mol. The second-order valence-corrected chi connectivity index (χ2v) is 7.81. The van der Waals surface area contributed by atoms with Gasteiger partial charge in [0.1, 0.15) is 0 Å². The van der Waals surface area contributed by atoms with Crippen molar-refractivity contribution in [1.82, 2.24) is 14.9 Å². The molecule has 4 aromatic rings. The summed E-state index contributed by atoms with van der Waals surface area (Å²) in [4.78, 5) is 16.3. The molecule has 0 bridgehead atoms. The molecule has 27 heavy (non-hydrogen) atoms. The standard InChI is InChI=1S/C23H21N3O/c27-23-21(18(12-25-23)17-11-24-20-9-2-1-7-15(17)20)19-13-26-10-4-6-14-5-3-8-16(19)22(14)26/h1-3,5,7-9,11,13,18,21,24H,4,6,10,12H2,(H,25,27)/t18-,21+/m0/s1. The third-order valence-electron chi connectivity index (χ3n) is 6.39. The number of aryl methyl sites for hydroxylation is 2. The number of rotatable bonds is 2. The van der Waals surface area contributed by atoms with Gasteiger partial charge < -0.3 is 14.9 Å². The van der Waals surface area contributed by atoms with Gasteiger partial charge in [0.25, 0.3) is 0 Å². The third-order valence-corrected chi connectivity index (χ3v) is 6.39. The number of hydrogen-bond donors (Lipinski definition) is 2. The molecule has 134 valence electrons. The van der Waals surface area contributed by atoms with Crippen LogP contribution in [0.2, 0.25) is 0 Å². The molecule has 0 aliphatic carbocycles. The fourth-order valence-corrected chi connectivity index (χ4v) is 5.20. The van der Waals surface area contributed by atoms with E-state index in [9.17, 15) is 4.79 Å². The maximum atomic E-state index is 12.9. The van der Waals surface area contributed by atoms with Crippen LogP contribution in [-0.2, 0) is 17.8 Å². The van der Waals surface area contributed by atoms with Crippen LogP contribution in [0.1, 0.15) is 34.9 Å². The first-order valence-corrected chi connectivity index (χ1v) is 9.75. The van der Waals surface area contributed by atoms with Crippen LogP contribution in [-0.4, -0.2) is 22.0 Å².